The van der Waals surface area contributed by atoms with Gasteiger partial charge in [0.25, 0.3) is 0 Å². The Morgan fingerprint density at radius 3 is 2.65 bits per heavy atom. The van der Waals surface area contributed by atoms with Gasteiger partial charge >= 0.3 is 0 Å². The molecule has 1 unspecified atom stereocenters. The number of hydrogen-bond donors (Lipinski definition) is 1. The summed E-state index contributed by atoms with van der Waals surface area (Å²) < 4.78 is 27.1. The molecule has 190 valence electrons. The number of nitrogens with one attached hydrogen (secondary N) is 1. The minimum Gasteiger partial charge on any atom is -0.494 e. The maximum absolute atomic E-state index is 13.6. The van der Waals surface area contributed by atoms with Gasteiger partial charge in [-0.2, -0.15) is 4.98 Å². The fourth-order valence-corrected chi connectivity index (χ4v) is 5.15. The lowest BCUT2D eigenvalue weighted by Gasteiger charge is -2.30. The largest absolute Gasteiger partial charge is 0.494 e. The van der Waals surface area contributed by atoms with E-state index in [2.05, 4.69) is 15.2 Å². The molecule has 0 amide bonds. The highest BCUT2D eigenvalue weighted by Crippen LogP contribution is 2.38. The molecule has 0 spiro atoms. The summed E-state index contributed by atoms with van der Waals surface area (Å²) in [7, 11) is 1.62. The Bertz CT molecular complexity index is 1420. The first kappa shape index (κ1) is 23.7. The van der Waals surface area contributed by atoms with Crippen molar-refractivity contribution in [1.82, 2.24) is 19.5 Å². The first-order chi connectivity index (χ1) is 18.1. The number of ether oxygens (including phenoxy) is 2. The highest BCUT2D eigenvalue weighted by Gasteiger charge is 2.30. The molecular formula is C27H26ClFN6O2. The van der Waals surface area contributed by atoms with Crippen LogP contribution in [0.3, 0.4) is 0 Å². The normalized spacial score (nSPS) is 17.1. The van der Waals surface area contributed by atoms with Gasteiger partial charge < -0.3 is 24.3 Å². The van der Waals surface area contributed by atoms with Gasteiger partial charge in [0.1, 0.15) is 28.9 Å². The zero-order chi connectivity index (χ0) is 25.4. The summed E-state index contributed by atoms with van der Waals surface area (Å²) in [4.78, 5) is 16.3. The van der Waals surface area contributed by atoms with Crippen molar-refractivity contribution < 1.29 is 13.9 Å². The predicted molar refractivity (Wildman–Crippen MR) is 140 cm³/mol. The van der Waals surface area contributed by atoms with E-state index in [-0.39, 0.29) is 11.7 Å². The van der Waals surface area contributed by atoms with E-state index in [0.717, 1.165) is 59.9 Å². The summed E-state index contributed by atoms with van der Waals surface area (Å²) in [6.45, 7) is 2.82. The number of nitrogens with zero attached hydrogens (tertiary/aromatic N) is 5. The number of imidazole rings is 1. The summed E-state index contributed by atoms with van der Waals surface area (Å²) >= 11 is 6.00. The summed E-state index contributed by atoms with van der Waals surface area (Å²) in [5.41, 5.74) is 4.46. The second-order valence-corrected chi connectivity index (χ2v) is 9.55. The van der Waals surface area contributed by atoms with Gasteiger partial charge in [-0.1, -0.05) is 23.7 Å². The highest BCUT2D eigenvalue weighted by molar-refractivity contribution is 6.29. The Morgan fingerprint density at radius 1 is 1.11 bits per heavy atom. The molecule has 1 fully saturated rings. The lowest BCUT2D eigenvalue weighted by atomic mass is 9.91. The van der Waals surface area contributed by atoms with Crippen molar-refractivity contribution >= 4 is 29.1 Å². The van der Waals surface area contributed by atoms with Gasteiger partial charge in [0, 0.05) is 36.6 Å². The van der Waals surface area contributed by atoms with Crippen LogP contribution < -0.4 is 15.0 Å². The van der Waals surface area contributed by atoms with Gasteiger partial charge in [-0.25, -0.2) is 14.4 Å². The lowest BCUT2D eigenvalue weighted by molar-refractivity contribution is 0.0976. The van der Waals surface area contributed by atoms with Crippen LogP contribution in [0.2, 0.25) is 5.15 Å². The highest BCUT2D eigenvalue weighted by atomic mass is 35.5. The van der Waals surface area contributed by atoms with E-state index in [1.54, 1.807) is 36.3 Å². The zero-order valence-corrected chi connectivity index (χ0v) is 21.1. The summed E-state index contributed by atoms with van der Waals surface area (Å²) in [5, 5.41) is 3.78. The van der Waals surface area contributed by atoms with Gasteiger partial charge in [-0.3, -0.25) is 0 Å². The number of halogens is 2. The fraction of sp³-hybridized carbons (Fsp3) is 0.296. The molecule has 2 aromatic carbocycles. The van der Waals surface area contributed by atoms with Gasteiger partial charge in [0.2, 0.25) is 5.95 Å². The Balaban J connectivity index is 1.39. The van der Waals surface area contributed by atoms with E-state index in [1.807, 2.05) is 18.2 Å². The molecule has 2 aliphatic heterocycles. The van der Waals surface area contributed by atoms with E-state index in [9.17, 15) is 4.39 Å². The Hall–Kier alpha value is -3.69. The van der Waals surface area contributed by atoms with Crippen LogP contribution >= 0.6 is 11.6 Å². The number of benzene rings is 2. The van der Waals surface area contributed by atoms with Gasteiger partial charge in [-0.15, -0.1) is 0 Å². The van der Waals surface area contributed by atoms with Crippen molar-refractivity contribution in [2.45, 2.75) is 25.4 Å². The van der Waals surface area contributed by atoms with Crippen LogP contribution in [0.25, 0.3) is 5.69 Å². The molecule has 6 rings (SSSR count). The molecule has 1 N–H and O–H groups in total. The minimum atomic E-state index is -0.265. The third kappa shape index (κ3) is 4.72. The molecule has 8 nitrogen and oxygen atoms in total. The third-order valence-electron chi connectivity index (χ3n) is 6.82. The minimum absolute atomic E-state index is 0.114. The molecule has 0 saturated carbocycles. The van der Waals surface area contributed by atoms with Crippen molar-refractivity contribution in [2.24, 2.45) is 0 Å². The van der Waals surface area contributed by atoms with Gasteiger partial charge in [-0.05, 0) is 42.7 Å². The molecule has 37 heavy (non-hydrogen) atoms. The van der Waals surface area contributed by atoms with Crippen molar-refractivity contribution in [2.75, 3.05) is 37.0 Å². The summed E-state index contributed by atoms with van der Waals surface area (Å²) in [5.74, 6) is 1.66. The molecule has 2 aliphatic rings. The van der Waals surface area contributed by atoms with Gasteiger partial charge in [0.15, 0.2) is 0 Å². The topological polar surface area (TPSA) is 77.3 Å². The number of hydrogen-bond acceptors (Lipinski definition) is 7. The molecule has 0 bridgehead atoms. The number of rotatable bonds is 6. The first-order valence-corrected chi connectivity index (χ1v) is 12.6. The predicted octanol–water partition coefficient (Wildman–Crippen LogP) is 5.47. The second kappa shape index (κ2) is 9.99. The molecule has 4 heterocycles. The van der Waals surface area contributed by atoms with Crippen LogP contribution in [0.1, 0.15) is 35.6 Å². The third-order valence-corrected chi connectivity index (χ3v) is 7.02. The van der Waals surface area contributed by atoms with Crippen LogP contribution in [0.15, 0.2) is 55.0 Å². The number of fused-ring (bicyclic) bond motifs is 1. The number of aromatic nitrogens is 4. The first-order valence-electron chi connectivity index (χ1n) is 12.2. The summed E-state index contributed by atoms with van der Waals surface area (Å²) in [6.07, 6.45) is 5.61. The van der Waals surface area contributed by atoms with Crippen LogP contribution in [0.5, 0.6) is 5.75 Å². The van der Waals surface area contributed by atoms with Crippen LogP contribution in [0, 0.1) is 5.82 Å². The van der Waals surface area contributed by atoms with E-state index in [4.69, 9.17) is 31.0 Å². The molecule has 0 aliphatic carbocycles. The Kier molecular flexibility index (Phi) is 6.40. The quantitative estimate of drug-likeness (QED) is 0.361. The SMILES string of the molecule is COc1cc(Nc2nc3c(c(N4CCCC4)n2)COCC3c2ccc(F)cc2)ccc1-n1cnc(Cl)c1. The van der Waals surface area contributed by atoms with Crippen molar-refractivity contribution in [1.29, 1.82) is 0 Å². The average Bonchev–Trinajstić information content (AvgIpc) is 3.61. The smallest absolute Gasteiger partial charge is 0.229 e. The zero-order valence-electron chi connectivity index (χ0n) is 20.3. The fourth-order valence-electron chi connectivity index (χ4n) is 5.00. The maximum Gasteiger partial charge on any atom is 0.229 e. The standard InChI is InChI=1S/C27H26ClFN6O2/c1-36-23-12-19(8-9-22(23)35-13-24(28)30-16-35)31-27-32-25-20(17-4-6-18(29)7-5-17)14-37-15-21(25)26(33-27)34-10-2-3-11-34/h4-9,12-13,16,20H,2-3,10-11,14-15H2,1H3,(H,31,32,33). The van der Waals surface area contributed by atoms with Crippen molar-refractivity contribution in [3.63, 3.8) is 0 Å². The summed E-state index contributed by atoms with van der Waals surface area (Å²) in [6, 6.07) is 12.3. The molecule has 1 saturated heterocycles. The number of methoxy groups -OCH3 is 1. The monoisotopic (exact) mass is 520 g/mol. The molecule has 10 heteroatoms. The molecule has 2 aromatic heterocycles. The Labute approximate surface area is 219 Å². The molecule has 1 atom stereocenters. The van der Waals surface area contributed by atoms with E-state index < -0.39 is 0 Å². The molecule has 4 aromatic rings. The van der Waals surface area contributed by atoms with E-state index >= 15 is 0 Å². The van der Waals surface area contributed by atoms with Crippen LogP contribution in [0.4, 0.5) is 21.8 Å². The van der Waals surface area contributed by atoms with Crippen LogP contribution in [-0.4, -0.2) is 46.3 Å². The van der Waals surface area contributed by atoms with Gasteiger partial charge in [0.05, 0.1) is 37.6 Å². The Morgan fingerprint density at radius 2 is 1.92 bits per heavy atom. The molecule has 0 radical (unpaired) electrons. The number of anilines is 3. The van der Waals surface area contributed by atoms with Crippen LogP contribution in [-0.2, 0) is 11.3 Å². The maximum atomic E-state index is 13.6. The van der Waals surface area contributed by atoms with E-state index in [0.29, 0.717) is 30.1 Å². The van der Waals surface area contributed by atoms with E-state index in [1.165, 1.54) is 12.1 Å². The van der Waals surface area contributed by atoms with Crippen molar-refractivity contribution in [3.05, 3.63) is 82.8 Å². The second-order valence-electron chi connectivity index (χ2n) is 9.16. The van der Waals surface area contributed by atoms with Crippen molar-refractivity contribution in [3.8, 4) is 11.4 Å². The molecular weight excluding hydrogens is 495 g/mol. The average molecular weight is 521 g/mol. The lowest BCUT2D eigenvalue weighted by Crippen LogP contribution is -2.27.